The lowest BCUT2D eigenvalue weighted by Crippen LogP contribution is -2.32. The van der Waals surface area contributed by atoms with Gasteiger partial charge >= 0.3 is 6.18 Å². The third-order valence-electron chi connectivity index (χ3n) is 5.53. The number of aromatic nitrogens is 2. The lowest BCUT2D eigenvalue weighted by atomic mass is 10.1. The van der Waals surface area contributed by atoms with Crippen molar-refractivity contribution in [3.8, 4) is 11.4 Å². The van der Waals surface area contributed by atoms with Crippen LogP contribution in [0.15, 0.2) is 72.8 Å². The van der Waals surface area contributed by atoms with Crippen LogP contribution in [0.25, 0.3) is 16.7 Å². The van der Waals surface area contributed by atoms with Crippen molar-refractivity contribution in [3.63, 3.8) is 0 Å². The zero-order chi connectivity index (χ0) is 24.3. The first kappa shape index (κ1) is 23.4. The van der Waals surface area contributed by atoms with Crippen molar-refractivity contribution in [1.82, 2.24) is 14.5 Å². The van der Waals surface area contributed by atoms with E-state index in [1.807, 2.05) is 60.0 Å². The Morgan fingerprint density at radius 3 is 2.29 bits per heavy atom. The molecule has 1 heterocycles. The zero-order valence-corrected chi connectivity index (χ0v) is 18.8. The van der Waals surface area contributed by atoms with Crippen LogP contribution in [0.2, 0.25) is 0 Å². The third kappa shape index (κ3) is 4.76. The largest absolute Gasteiger partial charge is 0.497 e. The summed E-state index contributed by atoms with van der Waals surface area (Å²) < 4.78 is 46.0. The Hall–Kier alpha value is -3.81. The van der Waals surface area contributed by atoms with Crippen molar-refractivity contribution in [1.29, 1.82) is 0 Å². The molecule has 0 aliphatic rings. The molecule has 0 bridgehead atoms. The monoisotopic (exact) mass is 467 g/mol. The van der Waals surface area contributed by atoms with E-state index in [1.165, 1.54) is 12.1 Å². The fraction of sp³-hybridized carbons (Fsp3) is 0.231. The predicted octanol–water partition coefficient (Wildman–Crippen LogP) is 6.11. The third-order valence-corrected chi connectivity index (χ3v) is 5.53. The van der Waals surface area contributed by atoms with E-state index in [4.69, 9.17) is 9.72 Å². The first-order chi connectivity index (χ1) is 16.3. The van der Waals surface area contributed by atoms with Gasteiger partial charge in [0.05, 0.1) is 30.3 Å². The number of benzene rings is 3. The highest BCUT2D eigenvalue weighted by Gasteiger charge is 2.30. The summed E-state index contributed by atoms with van der Waals surface area (Å²) in [7, 11) is 1.60. The Balaban J connectivity index is 1.70. The van der Waals surface area contributed by atoms with Crippen molar-refractivity contribution in [2.24, 2.45) is 0 Å². The summed E-state index contributed by atoms with van der Waals surface area (Å²) >= 11 is 0. The number of nitrogens with zero attached hydrogens (tertiary/aromatic N) is 3. The second kappa shape index (κ2) is 9.59. The molecule has 176 valence electrons. The molecule has 0 atom stereocenters. The van der Waals surface area contributed by atoms with Gasteiger partial charge in [0.15, 0.2) is 0 Å². The summed E-state index contributed by atoms with van der Waals surface area (Å²) in [5, 5.41) is 0. The van der Waals surface area contributed by atoms with Gasteiger partial charge in [0.1, 0.15) is 11.6 Å². The van der Waals surface area contributed by atoms with Crippen LogP contribution in [0.3, 0.4) is 0 Å². The van der Waals surface area contributed by atoms with Crippen LogP contribution in [-0.4, -0.2) is 34.0 Å². The Kier molecular flexibility index (Phi) is 6.58. The van der Waals surface area contributed by atoms with E-state index in [1.54, 1.807) is 12.0 Å². The molecule has 3 aromatic carbocycles. The Labute approximate surface area is 195 Å². The van der Waals surface area contributed by atoms with E-state index in [9.17, 15) is 18.0 Å². The van der Waals surface area contributed by atoms with E-state index in [2.05, 4.69) is 0 Å². The molecule has 1 aromatic heterocycles. The van der Waals surface area contributed by atoms with E-state index in [0.29, 0.717) is 18.8 Å². The highest BCUT2D eigenvalue weighted by atomic mass is 19.4. The second-order valence-electron chi connectivity index (χ2n) is 7.85. The van der Waals surface area contributed by atoms with Crippen LogP contribution in [-0.2, 0) is 12.7 Å². The number of carbonyl (C=O) groups excluding carboxylic acids is 1. The lowest BCUT2D eigenvalue weighted by molar-refractivity contribution is -0.137. The molecule has 0 saturated carbocycles. The highest BCUT2D eigenvalue weighted by molar-refractivity contribution is 5.94. The predicted molar refractivity (Wildman–Crippen MR) is 124 cm³/mol. The fourth-order valence-electron chi connectivity index (χ4n) is 3.88. The Bertz CT molecular complexity index is 1280. The van der Waals surface area contributed by atoms with E-state index in [0.717, 1.165) is 34.6 Å². The normalized spacial score (nSPS) is 11.6. The minimum absolute atomic E-state index is 0.202. The number of ether oxygens (including phenoxy) is 1. The topological polar surface area (TPSA) is 47.4 Å². The number of halogens is 3. The van der Waals surface area contributed by atoms with Gasteiger partial charge in [-0.15, -0.1) is 0 Å². The minimum atomic E-state index is -4.45. The van der Waals surface area contributed by atoms with Gasteiger partial charge in [-0.1, -0.05) is 19.1 Å². The molecule has 5 nitrogen and oxygen atoms in total. The van der Waals surface area contributed by atoms with Crippen molar-refractivity contribution in [2.75, 3.05) is 13.7 Å². The quantitative estimate of drug-likeness (QED) is 0.330. The average Bonchev–Trinajstić information content (AvgIpc) is 3.21. The van der Waals surface area contributed by atoms with Gasteiger partial charge in [0.25, 0.3) is 5.91 Å². The van der Waals surface area contributed by atoms with Crippen LogP contribution in [0.1, 0.15) is 35.1 Å². The van der Waals surface area contributed by atoms with E-state index < -0.39 is 11.7 Å². The van der Waals surface area contributed by atoms with Crippen LogP contribution in [0.5, 0.6) is 5.75 Å². The van der Waals surface area contributed by atoms with Crippen molar-refractivity contribution < 1.29 is 22.7 Å². The SMILES string of the molecule is CCCN(Cc1nc2ccccc2n1-c1ccc(OC)cc1)C(=O)c1ccc(C(F)(F)F)cc1. The number of amides is 1. The van der Waals surface area contributed by atoms with Crippen molar-refractivity contribution in [2.45, 2.75) is 26.1 Å². The number of rotatable bonds is 7. The zero-order valence-electron chi connectivity index (χ0n) is 18.8. The minimum Gasteiger partial charge on any atom is -0.497 e. The van der Waals surface area contributed by atoms with Gasteiger partial charge in [0, 0.05) is 17.8 Å². The number of hydrogen-bond acceptors (Lipinski definition) is 3. The maximum Gasteiger partial charge on any atom is 0.416 e. The first-order valence-electron chi connectivity index (χ1n) is 10.9. The number of fused-ring (bicyclic) bond motifs is 1. The molecular weight excluding hydrogens is 443 g/mol. The smallest absolute Gasteiger partial charge is 0.416 e. The van der Waals surface area contributed by atoms with Crippen LogP contribution in [0, 0.1) is 0 Å². The average molecular weight is 467 g/mol. The van der Waals surface area contributed by atoms with Gasteiger partial charge in [0.2, 0.25) is 0 Å². The maximum absolute atomic E-state index is 13.2. The van der Waals surface area contributed by atoms with Gasteiger partial charge in [-0.2, -0.15) is 13.2 Å². The number of carbonyl (C=O) groups is 1. The van der Waals surface area contributed by atoms with E-state index >= 15 is 0 Å². The molecule has 4 rings (SSSR count). The number of alkyl halides is 3. The summed E-state index contributed by atoms with van der Waals surface area (Å²) in [5.41, 5.74) is 1.96. The van der Waals surface area contributed by atoms with Crippen LogP contribution >= 0.6 is 0 Å². The molecule has 4 aromatic rings. The summed E-state index contributed by atoms with van der Waals surface area (Å²) in [5.74, 6) is 1.03. The molecule has 0 N–H and O–H groups in total. The molecule has 0 aliphatic carbocycles. The molecular formula is C26H24F3N3O2. The molecule has 0 fully saturated rings. The molecule has 0 radical (unpaired) electrons. The summed E-state index contributed by atoms with van der Waals surface area (Å²) in [4.78, 5) is 19.6. The number of imidazole rings is 1. The van der Waals surface area contributed by atoms with Gasteiger partial charge in [-0.05, 0) is 67.1 Å². The van der Waals surface area contributed by atoms with Crippen molar-refractivity contribution in [3.05, 3.63) is 89.7 Å². The molecule has 1 amide bonds. The second-order valence-corrected chi connectivity index (χ2v) is 7.85. The van der Waals surface area contributed by atoms with Gasteiger partial charge in [-0.3, -0.25) is 9.36 Å². The summed E-state index contributed by atoms with van der Waals surface area (Å²) in [6.45, 7) is 2.58. The van der Waals surface area contributed by atoms with Crippen LogP contribution < -0.4 is 4.74 Å². The number of hydrogen-bond donors (Lipinski definition) is 0. The molecule has 0 aliphatic heterocycles. The van der Waals surface area contributed by atoms with Gasteiger partial charge in [-0.25, -0.2) is 4.98 Å². The summed E-state index contributed by atoms with van der Waals surface area (Å²) in [6, 6.07) is 19.5. The van der Waals surface area contributed by atoms with Crippen molar-refractivity contribution >= 4 is 16.9 Å². The van der Waals surface area contributed by atoms with E-state index in [-0.39, 0.29) is 18.0 Å². The molecule has 34 heavy (non-hydrogen) atoms. The standard InChI is InChI=1S/C26H24F3N3O2/c1-3-16-31(25(33)18-8-10-19(11-9-18)26(27,28)29)17-24-30-22-6-4-5-7-23(22)32(24)20-12-14-21(34-2)15-13-20/h4-15H,3,16-17H2,1-2H3. The lowest BCUT2D eigenvalue weighted by Gasteiger charge is -2.23. The maximum atomic E-state index is 13.2. The fourth-order valence-corrected chi connectivity index (χ4v) is 3.88. The highest BCUT2D eigenvalue weighted by Crippen LogP contribution is 2.29. The molecule has 0 spiro atoms. The first-order valence-corrected chi connectivity index (χ1v) is 10.9. The Morgan fingerprint density at radius 1 is 1.00 bits per heavy atom. The Morgan fingerprint density at radius 2 is 1.68 bits per heavy atom. The van der Waals surface area contributed by atoms with Crippen LogP contribution in [0.4, 0.5) is 13.2 Å². The van der Waals surface area contributed by atoms with Gasteiger partial charge < -0.3 is 9.64 Å². The molecule has 0 saturated heterocycles. The number of methoxy groups -OCH3 is 1. The molecule has 0 unspecified atom stereocenters. The molecule has 8 heteroatoms. The number of para-hydroxylation sites is 2. The summed E-state index contributed by atoms with van der Waals surface area (Å²) in [6.07, 6.45) is -3.76.